The van der Waals surface area contributed by atoms with Crippen LogP contribution in [0.25, 0.3) is 0 Å². The number of anilines is 2. The fourth-order valence-electron chi connectivity index (χ4n) is 2.69. The molecule has 1 heterocycles. The monoisotopic (exact) mass is 264 g/mol. The Morgan fingerprint density at radius 3 is 2.47 bits per heavy atom. The molecule has 1 unspecified atom stereocenters. The summed E-state index contributed by atoms with van der Waals surface area (Å²) in [5.74, 6) is 1.57. The lowest BCUT2D eigenvalue weighted by Crippen LogP contribution is -2.44. The summed E-state index contributed by atoms with van der Waals surface area (Å²) in [4.78, 5) is 2.48. The summed E-state index contributed by atoms with van der Waals surface area (Å²) in [6.07, 6.45) is 2.28. The molecule has 1 aliphatic heterocycles. The molecule has 2 rings (SSSR count). The molecule has 4 nitrogen and oxygen atoms in total. The van der Waals surface area contributed by atoms with E-state index in [9.17, 15) is 0 Å². The molecular weight excluding hydrogens is 240 g/mol. The van der Waals surface area contributed by atoms with E-state index in [0.717, 1.165) is 43.1 Å². The van der Waals surface area contributed by atoms with Gasteiger partial charge in [-0.2, -0.15) is 0 Å². The zero-order chi connectivity index (χ0) is 13.8. The topological polar surface area (TPSA) is 33.7 Å². The van der Waals surface area contributed by atoms with Gasteiger partial charge in [-0.15, -0.1) is 0 Å². The zero-order valence-corrected chi connectivity index (χ0v) is 12.3. The van der Waals surface area contributed by atoms with Crippen LogP contribution in [0.15, 0.2) is 12.1 Å². The number of ether oxygens (including phenoxy) is 2. The highest BCUT2D eigenvalue weighted by atomic mass is 16.5. The van der Waals surface area contributed by atoms with Gasteiger partial charge < -0.3 is 19.7 Å². The Morgan fingerprint density at radius 1 is 1.21 bits per heavy atom. The quantitative estimate of drug-likeness (QED) is 0.886. The first-order chi connectivity index (χ1) is 9.24. The lowest BCUT2D eigenvalue weighted by Gasteiger charge is -2.39. The second-order valence-electron chi connectivity index (χ2n) is 4.86. The number of rotatable bonds is 5. The van der Waals surface area contributed by atoms with E-state index in [-0.39, 0.29) is 0 Å². The fraction of sp³-hybridized carbons (Fsp3) is 0.600. The Labute approximate surface area is 115 Å². The van der Waals surface area contributed by atoms with Crippen LogP contribution in [-0.2, 0) is 0 Å². The fourth-order valence-corrected chi connectivity index (χ4v) is 2.69. The molecular formula is C15H24N2O2. The van der Waals surface area contributed by atoms with Crippen molar-refractivity contribution in [3.8, 4) is 11.5 Å². The predicted octanol–water partition coefficient (Wildman–Crippen LogP) is 3.12. The minimum absolute atomic E-state index is 0.547. The van der Waals surface area contributed by atoms with Gasteiger partial charge in [0.25, 0.3) is 0 Å². The molecule has 0 saturated carbocycles. The minimum Gasteiger partial charge on any atom is -0.493 e. The molecule has 4 heteroatoms. The van der Waals surface area contributed by atoms with E-state index in [1.807, 2.05) is 6.07 Å². The summed E-state index contributed by atoms with van der Waals surface area (Å²) >= 11 is 0. The summed E-state index contributed by atoms with van der Waals surface area (Å²) in [6.45, 7) is 6.51. The third-order valence-electron chi connectivity index (χ3n) is 3.72. The van der Waals surface area contributed by atoms with Crippen LogP contribution in [0.3, 0.4) is 0 Å². The lowest BCUT2D eigenvalue weighted by atomic mass is 10.1. The number of hydrogen-bond acceptors (Lipinski definition) is 4. The van der Waals surface area contributed by atoms with Gasteiger partial charge in [0.15, 0.2) is 11.5 Å². The van der Waals surface area contributed by atoms with Gasteiger partial charge in [-0.05, 0) is 12.8 Å². The summed E-state index contributed by atoms with van der Waals surface area (Å²) in [5, 5.41) is 3.50. The molecule has 106 valence electrons. The van der Waals surface area contributed by atoms with E-state index < -0.39 is 0 Å². The van der Waals surface area contributed by atoms with Crippen LogP contribution in [0.4, 0.5) is 11.4 Å². The molecule has 19 heavy (non-hydrogen) atoms. The van der Waals surface area contributed by atoms with Gasteiger partial charge in [0.2, 0.25) is 0 Å². The van der Waals surface area contributed by atoms with Crippen molar-refractivity contribution in [1.29, 1.82) is 0 Å². The van der Waals surface area contributed by atoms with Crippen molar-refractivity contribution < 1.29 is 9.47 Å². The SMILES string of the molecule is CCCN1c2cc(OC)c(OC)cc2NCC1CC. The van der Waals surface area contributed by atoms with Gasteiger partial charge in [0, 0.05) is 31.3 Å². The van der Waals surface area contributed by atoms with Gasteiger partial charge in [-0.1, -0.05) is 13.8 Å². The Balaban J connectivity index is 2.43. The van der Waals surface area contributed by atoms with Crippen LogP contribution in [0, 0.1) is 0 Å². The second kappa shape index (κ2) is 6.04. The van der Waals surface area contributed by atoms with Gasteiger partial charge in [0.1, 0.15) is 0 Å². The number of methoxy groups -OCH3 is 2. The van der Waals surface area contributed by atoms with Crippen LogP contribution in [-0.4, -0.2) is 33.4 Å². The van der Waals surface area contributed by atoms with Crippen molar-refractivity contribution in [2.45, 2.75) is 32.7 Å². The van der Waals surface area contributed by atoms with E-state index in [4.69, 9.17) is 9.47 Å². The highest BCUT2D eigenvalue weighted by Crippen LogP contribution is 2.41. The number of benzene rings is 1. The predicted molar refractivity (Wildman–Crippen MR) is 79.8 cm³/mol. The normalized spacial score (nSPS) is 17.7. The summed E-state index contributed by atoms with van der Waals surface area (Å²) in [6, 6.07) is 4.66. The van der Waals surface area contributed by atoms with Crippen LogP contribution in [0.1, 0.15) is 26.7 Å². The van der Waals surface area contributed by atoms with Gasteiger partial charge in [-0.25, -0.2) is 0 Å². The molecule has 0 radical (unpaired) electrons. The highest BCUT2D eigenvalue weighted by molar-refractivity contribution is 5.77. The maximum atomic E-state index is 5.42. The molecule has 0 spiro atoms. The third kappa shape index (κ3) is 2.57. The van der Waals surface area contributed by atoms with Crippen LogP contribution >= 0.6 is 0 Å². The van der Waals surface area contributed by atoms with E-state index in [0.29, 0.717) is 6.04 Å². The molecule has 0 aliphatic carbocycles. The first-order valence-electron chi connectivity index (χ1n) is 7.01. The van der Waals surface area contributed by atoms with Crippen LogP contribution in [0.2, 0.25) is 0 Å². The molecule has 1 aliphatic rings. The number of hydrogen-bond donors (Lipinski definition) is 1. The first kappa shape index (κ1) is 13.8. The molecule has 0 saturated heterocycles. The largest absolute Gasteiger partial charge is 0.493 e. The third-order valence-corrected chi connectivity index (χ3v) is 3.72. The van der Waals surface area contributed by atoms with Crippen molar-refractivity contribution >= 4 is 11.4 Å². The van der Waals surface area contributed by atoms with Crippen molar-refractivity contribution in [2.75, 3.05) is 37.5 Å². The standard InChI is InChI=1S/C15H24N2O2/c1-5-7-17-11(6-2)10-16-12-8-14(18-3)15(19-4)9-13(12)17/h8-9,11,16H,5-7,10H2,1-4H3. The van der Waals surface area contributed by atoms with E-state index in [1.165, 1.54) is 5.69 Å². The molecule has 1 aromatic rings. The average molecular weight is 264 g/mol. The summed E-state index contributed by atoms with van der Waals surface area (Å²) in [5.41, 5.74) is 2.36. The van der Waals surface area contributed by atoms with Crippen molar-refractivity contribution in [3.05, 3.63) is 12.1 Å². The second-order valence-corrected chi connectivity index (χ2v) is 4.86. The van der Waals surface area contributed by atoms with E-state index in [1.54, 1.807) is 14.2 Å². The van der Waals surface area contributed by atoms with Gasteiger partial charge in [-0.3, -0.25) is 0 Å². The van der Waals surface area contributed by atoms with E-state index >= 15 is 0 Å². The molecule has 1 atom stereocenters. The molecule has 0 amide bonds. The minimum atomic E-state index is 0.547. The van der Waals surface area contributed by atoms with Crippen molar-refractivity contribution in [3.63, 3.8) is 0 Å². The summed E-state index contributed by atoms with van der Waals surface area (Å²) in [7, 11) is 3.35. The summed E-state index contributed by atoms with van der Waals surface area (Å²) < 4.78 is 10.8. The molecule has 0 bridgehead atoms. The van der Waals surface area contributed by atoms with Gasteiger partial charge in [0.05, 0.1) is 25.6 Å². The van der Waals surface area contributed by atoms with Crippen molar-refractivity contribution in [2.24, 2.45) is 0 Å². The lowest BCUT2D eigenvalue weighted by molar-refractivity contribution is 0.355. The van der Waals surface area contributed by atoms with E-state index in [2.05, 4.69) is 30.1 Å². The molecule has 1 N–H and O–H groups in total. The Hall–Kier alpha value is -1.58. The Bertz CT molecular complexity index is 434. The molecule has 0 fully saturated rings. The highest BCUT2D eigenvalue weighted by Gasteiger charge is 2.26. The van der Waals surface area contributed by atoms with Crippen molar-refractivity contribution in [1.82, 2.24) is 0 Å². The zero-order valence-electron chi connectivity index (χ0n) is 12.3. The number of nitrogens with one attached hydrogen (secondary N) is 1. The first-order valence-corrected chi connectivity index (χ1v) is 7.01. The molecule has 0 aromatic heterocycles. The van der Waals surface area contributed by atoms with Crippen LogP contribution in [0.5, 0.6) is 11.5 Å². The number of nitrogens with zero attached hydrogens (tertiary/aromatic N) is 1. The maximum absolute atomic E-state index is 5.42. The molecule has 1 aromatic carbocycles. The average Bonchev–Trinajstić information content (AvgIpc) is 2.46. The Kier molecular flexibility index (Phi) is 4.40. The maximum Gasteiger partial charge on any atom is 0.162 e. The van der Waals surface area contributed by atoms with Crippen LogP contribution < -0.4 is 19.7 Å². The Morgan fingerprint density at radius 2 is 1.89 bits per heavy atom. The number of fused-ring (bicyclic) bond motifs is 1. The smallest absolute Gasteiger partial charge is 0.162 e. The van der Waals surface area contributed by atoms with Gasteiger partial charge >= 0.3 is 0 Å².